The number of nitrogens with zero attached hydrogens (tertiary/aromatic N) is 1. The van der Waals surface area contributed by atoms with Gasteiger partial charge in [-0.1, -0.05) is 0 Å². The highest BCUT2D eigenvalue weighted by atomic mass is 16.4. The number of rotatable bonds is 7. The minimum absolute atomic E-state index is 0.0972. The monoisotopic (exact) mass is 266 g/mol. The van der Waals surface area contributed by atoms with Gasteiger partial charge in [0.25, 0.3) is 0 Å². The molecule has 0 spiro atoms. The summed E-state index contributed by atoms with van der Waals surface area (Å²) in [4.78, 5) is 24.6. The molecule has 104 valence electrons. The smallest absolute Gasteiger partial charge is 0.317 e. The summed E-state index contributed by atoms with van der Waals surface area (Å²) in [6.07, 6.45) is 3.47. The molecular formula is C13H18N2O4. The van der Waals surface area contributed by atoms with Gasteiger partial charge in [-0.3, -0.25) is 14.5 Å². The largest absolute Gasteiger partial charge is 0.480 e. The third kappa shape index (κ3) is 3.82. The van der Waals surface area contributed by atoms with E-state index in [1.54, 1.807) is 30.2 Å². The normalized spacial score (nSPS) is 16.3. The molecule has 1 fully saturated rings. The fourth-order valence-corrected chi connectivity index (χ4v) is 2.03. The van der Waals surface area contributed by atoms with Crippen LogP contribution in [0.3, 0.4) is 0 Å². The molecule has 0 aromatic carbocycles. The van der Waals surface area contributed by atoms with Crippen LogP contribution in [0.1, 0.15) is 25.5 Å². The van der Waals surface area contributed by atoms with Gasteiger partial charge in [-0.15, -0.1) is 0 Å². The van der Waals surface area contributed by atoms with Crippen molar-refractivity contribution in [1.29, 1.82) is 0 Å². The van der Waals surface area contributed by atoms with Crippen molar-refractivity contribution >= 4 is 11.9 Å². The van der Waals surface area contributed by atoms with E-state index in [0.29, 0.717) is 12.3 Å². The van der Waals surface area contributed by atoms with Crippen molar-refractivity contribution in [3.05, 3.63) is 24.2 Å². The van der Waals surface area contributed by atoms with E-state index >= 15 is 0 Å². The summed E-state index contributed by atoms with van der Waals surface area (Å²) < 4.78 is 5.13. The summed E-state index contributed by atoms with van der Waals surface area (Å²) in [6, 6.07) is 3.31. The van der Waals surface area contributed by atoms with Crippen molar-refractivity contribution in [2.75, 3.05) is 6.54 Å². The highest BCUT2D eigenvalue weighted by Crippen LogP contribution is 2.28. The van der Waals surface area contributed by atoms with Gasteiger partial charge >= 0.3 is 5.97 Å². The highest BCUT2D eigenvalue weighted by Gasteiger charge is 2.36. The predicted octanol–water partition coefficient (Wildman–Crippen LogP) is 0.833. The average molecular weight is 266 g/mol. The third-order valence-corrected chi connectivity index (χ3v) is 3.23. The van der Waals surface area contributed by atoms with Crippen LogP contribution in [0.4, 0.5) is 0 Å². The third-order valence-electron chi connectivity index (χ3n) is 3.23. The van der Waals surface area contributed by atoms with E-state index in [4.69, 9.17) is 9.52 Å². The van der Waals surface area contributed by atoms with Crippen molar-refractivity contribution < 1.29 is 19.1 Å². The van der Waals surface area contributed by atoms with Crippen LogP contribution in [0.25, 0.3) is 0 Å². The Balaban J connectivity index is 1.87. The second-order valence-corrected chi connectivity index (χ2v) is 4.77. The van der Waals surface area contributed by atoms with Gasteiger partial charge in [0.1, 0.15) is 5.76 Å². The quantitative estimate of drug-likeness (QED) is 0.764. The Labute approximate surface area is 111 Å². The summed E-state index contributed by atoms with van der Waals surface area (Å²) in [5.41, 5.74) is 0. The summed E-state index contributed by atoms with van der Waals surface area (Å²) in [7, 11) is 0. The Kier molecular flexibility index (Phi) is 4.21. The molecule has 6 nitrogen and oxygen atoms in total. The van der Waals surface area contributed by atoms with E-state index in [0.717, 1.165) is 12.8 Å². The van der Waals surface area contributed by atoms with Gasteiger partial charge in [0.2, 0.25) is 5.91 Å². The fraction of sp³-hybridized carbons (Fsp3) is 0.538. The zero-order chi connectivity index (χ0) is 13.8. The first kappa shape index (κ1) is 13.6. The highest BCUT2D eigenvalue weighted by molar-refractivity contribution is 5.82. The maximum absolute atomic E-state index is 12.0. The van der Waals surface area contributed by atoms with Crippen LogP contribution < -0.4 is 5.32 Å². The van der Waals surface area contributed by atoms with Crippen LogP contribution >= 0.6 is 0 Å². The molecule has 1 unspecified atom stereocenters. The second kappa shape index (κ2) is 5.88. The second-order valence-electron chi connectivity index (χ2n) is 4.77. The predicted molar refractivity (Wildman–Crippen MR) is 67.4 cm³/mol. The van der Waals surface area contributed by atoms with Crippen molar-refractivity contribution in [1.82, 2.24) is 10.2 Å². The van der Waals surface area contributed by atoms with Gasteiger partial charge < -0.3 is 14.8 Å². The molecule has 1 aromatic rings. The molecule has 1 aliphatic carbocycles. The number of hydrogen-bond donors (Lipinski definition) is 2. The molecule has 0 aliphatic heterocycles. The standard InChI is InChI=1S/C13H18N2O4/c1-9(15(8-12(16)17)10-4-5-10)13(18)14-7-11-3-2-6-19-11/h2-3,6,9-10H,4-5,7-8H2,1H3,(H,14,18)(H,16,17). The van der Waals surface area contributed by atoms with E-state index in [-0.39, 0.29) is 18.5 Å². The molecule has 19 heavy (non-hydrogen) atoms. The van der Waals surface area contributed by atoms with Crippen LogP contribution in [-0.4, -0.2) is 40.5 Å². The lowest BCUT2D eigenvalue weighted by atomic mass is 10.2. The zero-order valence-corrected chi connectivity index (χ0v) is 10.8. The van der Waals surface area contributed by atoms with Crippen molar-refractivity contribution in [3.63, 3.8) is 0 Å². The van der Waals surface area contributed by atoms with Crippen LogP contribution in [0.15, 0.2) is 22.8 Å². The van der Waals surface area contributed by atoms with Gasteiger partial charge in [0.05, 0.1) is 25.4 Å². The van der Waals surface area contributed by atoms with Gasteiger partial charge in [-0.05, 0) is 31.9 Å². The number of hydrogen-bond acceptors (Lipinski definition) is 4. The maximum atomic E-state index is 12.0. The van der Waals surface area contributed by atoms with Crippen LogP contribution in [0.5, 0.6) is 0 Å². The fourth-order valence-electron chi connectivity index (χ4n) is 2.03. The Morgan fingerprint density at radius 3 is 2.84 bits per heavy atom. The summed E-state index contributed by atoms with van der Waals surface area (Å²) in [5.74, 6) is -0.404. The topological polar surface area (TPSA) is 82.8 Å². The van der Waals surface area contributed by atoms with Gasteiger partial charge in [-0.25, -0.2) is 0 Å². The molecule has 2 N–H and O–H groups in total. The molecule has 1 amide bonds. The number of aliphatic carboxylic acids is 1. The lowest BCUT2D eigenvalue weighted by Crippen LogP contribution is -2.47. The first-order chi connectivity index (χ1) is 9.08. The van der Waals surface area contributed by atoms with Crippen LogP contribution in [0.2, 0.25) is 0 Å². The summed E-state index contributed by atoms with van der Waals surface area (Å²) >= 11 is 0. The molecule has 2 rings (SSSR count). The molecule has 0 radical (unpaired) electrons. The molecular weight excluding hydrogens is 248 g/mol. The van der Waals surface area contributed by atoms with Crippen molar-refractivity contribution in [2.45, 2.75) is 38.4 Å². The van der Waals surface area contributed by atoms with Crippen molar-refractivity contribution in [2.24, 2.45) is 0 Å². The van der Waals surface area contributed by atoms with E-state index < -0.39 is 12.0 Å². The molecule has 0 bridgehead atoms. The lowest BCUT2D eigenvalue weighted by Gasteiger charge is -2.26. The average Bonchev–Trinajstić information content (AvgIpc) is 3.08. The minimum Gasteiger partial charge on any atom is -0.480 e. The molecule has 1 heterocycles. The molecule has 1 saturated carbocycles. The first-order valence-corrected chi connectivity index (χ1v) is 6.35. The van der Waals surface area contributed by atoms with Crippen LogP contribution in [-0.2, 0) is 16.1 Å². The Hall–Kier alpha value is -1.82. The summed E-state index contributed by atoms with van der Waals surface area (Å²) in [6.45, 7) is 1.96. The number of nitrogens with one attached hydrogen (secondary N) is 1. The minimum atomic E-state index is -0.905. The number of amides is 1. The molecule has 0 saturated heterocycles. The number of carbonyl (C=O) groups is 2. The van der Waals surface area contributed by atoms with E-state index in [1.807, 2.05) is 0 Å². The van der Waals surface area contributed by atoms with Crippen LogP contribution in [0, 0.1) is 0 Å². The number of furan rings is 1. The maximum Gasteiger partial charge on any atom is 0.317 e. The molecule has 1 aromatic heterocycles. The number of carboxylic acids is 1. The van der Waals surface area contributed by atoms with Gasteiger partial charge in [0, 0.05) is 6.04 Å². The van der Waals surface area contributed by atoms with Gasteiger partial charge in [0.15, 0.2) is 0 Å². The molecule has 1 atom stereocenters. The van der Waals surface area contributed by atoms with Crippen molar-refractivity contribution in [3.8, 4) is 0 Å². The van der Waals surface area contributed by atoms with E-state index in [1.165, 1.54) is 0 Å². The Morgan fingerprint density at radius 1 is 1.58 bits per heavy atom. The number of carbonyl (C=O) groups excluding carboxylic acids is 1. The van der Waals surface area contributed by atoms with E-state index in [9.17, 15) is 9.59 Å². The Morgan fingerprint density at radius 2 is 2.32 bits per heavy atom. The SMILES string of the molecule is CC(C(=O)NCc1ccco1)N(CC(=O)O)C1CC1. The zero-order valence-electron chi connectivity index (χ0n) is 10.8. The lowest BCUT2D eigenvalue weighted by molar-refractivity contribution is -0.140. The molecule has 1 aliphatic rings. The van der Waals surface area contributed by atoms with E-state index in [2.05, 4.69) is 5.32 Å². The Bertz CT molecular complexity index is 440. The summed E-state index contributed by atoms with van der Waals surface area (Å²) in [5, 5.41) is 11.6. The first-order valence-electron chi connectivity index (χ1n) is 6.35. The number of carboxylic acid groups (broad SMARTS) is 1. The molecule has 6 heteroatoms. The van der Waals surface area contributed by atoms with Gasteiger partial charge in [-0.2, -0.15) is 0 Å².